The van der Waals surface area contributed by atoms with Crippen molar-refractivity contribution in [3.8, 4) is 11.5 Å². The number of thiazole rings is 1. The highest BCUT2D eigenvalue weighted by atomic mass is 35.5. The van der Waals surface area contributed by atoms with Gasteiger partial charge in [0.1, 0.15) is 6.61 Å². The maximum absolute atomic E-state index is 14.0. The third-order valence-electron chi connectivity index (χ3n) is 9.68. The summed E-state index contributed by atoms with van der Waals surface area (Å²) < 4.78 is 12.7. The molecule has 4 aliphatic rings. The van der Waals surface area contributed by atoms with Gasteiger partial charge >= 0.3 is 0 Å². The van der Waals surface area contributed by atoms with Gasteiger partial charge in [-0.25, -0.2) is 0 Å². The van der Waals surface area contributed by atoms with Crippen LogP contribution in [0.2, 0.25) is 10.0 Å². The number of nitrogens with zero attached hydrogens (tertiary/aromatic N) is 1. The number of imide groups is 1. The van der Waals surface area contributed by atoms with E-state index in [-0.39, 0.29) is 59.2 Å². The molecule has 4 aromatic rings. The number of H-pyrrole nitrogens is 1. The van der Waals surface area contributed by atoms with Gasteiger partial charge in [-0.15, -0.1) is 23.1 Å². The first-order chi connectivity index (χ1) is 21.3. The van der Waals surface area contributed by atoms with E-state index in [4.69, 9.17) is 44.9 Å². The molecule has 3 heterocycles. The number of para-hydroxylation sites is 1. The van der Waals surface area contributed by atoms with E-state index in [0.29, 0.717) is 27.2 Å². The van der Waals surface area contributed by atoms with Crippen molar-refractivity contribution in [2.75, 3.05) is 12.0 Å². The standard InChI is InChI=1S/C33H26Cl2N2O4S3/c1-40-23-11-15(8-10-22(23)41-14-16-7-9-17(34)12-21(16)35)24-25-19-13-20(28(25)43-30-29(24)44-33(42)36-30)27-26(19)31(38)37(32(27)39)18-5-3-2-4-6-18/h2-12,19-20,24-28H,13-14H2,1H3,(H,36,42). The van der Waals surface area contributed by atoms with E-state index in [0.717, 1.165) is 26.5 Å². The summed E-state index contributed by atoms with van der Waals surface area (Å²) in [5.41, 5.74) is 2.57. The number of ether oxygens (including phenoxy) is 2. The second-order valence-corrected chi connectivity index (χ2v) is 15.5. The lowest BCUT2D eigenvalue weighted by atomic mass is 9.68. The zero-order chi connectivity index (χ0) is 30.3. The topological polar surface area (TPSA) is 71.6 Å². The van der Waals surface area contributed by atoms with Gasteiger partial charge in [0.25, 0.3) is 0 Å². The van der Waals surface area contributed by atoms with E-state index in [1.807, 2.05) is 60.3 Å². The first kappa shape index (κ1) is 28.6. The Morgan fingerprint density at radius 2 is 1.75 bits per heavy atom. The molecule has 2 amide bonds. The number of nitrogens with one attached hydrogen (secondary N) is 1. The van der Waals surface area contributed by atoms with Gasteiger partial charge < -0.3 is 14.5 Å². The lowest BCUT2D eigenvalue weighted by molar-refractivity contribution is -0.123. The number of aromatic nitrogens is 1. The Balaban J connectivity index is 1.15. The Labute approximate surface area is 277 Å². The summed E-state index contributed by atoms with van der Waals surface area (Å²) in [6.45, 7) is 0.265. The van der Waals surface area contributed by atoms with Crippen LogP contribution in [0.5, 0.6) is 11.5 Å². The molecule has 0 radical (unpaired) electrons. The van der Waals surface area contributed by atoms with Gasteiger partial charge in [-0.1, -0.05) is 53.5 Å². The number of hydrogen-bond donors (Lipinski definition) is 1. The Hall–Kier alpha value is -2.82. The van der Waals surface area contributed by atoms with Gasteiger partial charge in [0.15, 0.2) is 15.5 Å². The summed E-state index contributed by atoms with van der Waals surface area (Å²) in [7, 11) is 1.63. The minimum atomic E-state index is -0.306. The predicted octanol–water partition coefficient (Wildman–Crippen LogP) is 8.38. The fourth-order valence-electron chi connectivity index (χ4n) is 8.01. The molecule has 1 aromatic heterocycles. The lowest BCUT2D eigenvalue weighted by Gasteiger charge is -2.43. The summed E-state index contributed by atoms with van der Waals surface area (Å²) in [5, 5.41) is 2.38. The van der Waals surface area contributed by atoms with Crippen LogP contribution in [-0.4, -0.2) is 29.2 Å². The average Bonchev–Trinajstić information content (AvgIpc) is 3.76. The van der Waals surface area contributed by atoms with E-state index >= 15 is 0 Å². The van der Waals surface area contributed by atoms with Gasteiger partial charge in [0, 0.05) is 31.7 Å². The molecule has 224 valence electrons. The molecule has 7 atom stereocenters. The highest BCUT2D eigenvalue weighted by molar-refractivity contribution is 8.00. The second kappa shape index (κ2) is 10.9. The van der Waals surface area contributed by atoms with Gasteiger partial charge in [-0.05, 0) is 78.4 Å². The summed E-state index contributed by atoms with van der Waals surface area (Å²) in [6.07, 6.45) is 0.879. The van der Waals surface area contributed by atoms with E-state index in [2.05, 4.69) is 11.1 Å². The number of methoxy groups -OCH3 is 1. The Bertz CT molecular complexity index is 1880. The van der Waals surface area contributed by atoms with Gasteiger partial charge in [0.05, 0.1) is 29.7 Å². The van der Waals surface area contributed by atoms with E-state index in [9.17, 15) is 9.59 Å². The zero-order valence-corrected chi connectivity index (χ0v) is 27.3. The molecule has 0 spiro atoms. The number of halogens is 2. The monoisotopic (exact) mass is 680 g/mol. The van der Waals surface area contributed by atoms with Crippen molar-refractivity contribution in [3.05, 3.63) is 96.7 Å². The third kappa shape index (κ3) is 4.38. The molecule has 3 fully saturated rings. The quantitative estimate of drug-likeness (QED) is 0.163. The summed E-state index contributed by atoms with van der Waals surface area (Å²) >= 11 is 21.5. The number of amides is 2. The van der Waals surface area contributed by atoms with Crippen molar-refractivity contribution in [2.45, 2.75) is 29.2 Å². The van der Waals surface area contributed by atoms with Crippen LogP contribution in [0.4, 0.5) is 5.69 Å². The first-order valence-electron chi connectivity index (χ1n) is 14.4. The largest absolute Gasteiger partial charge is 0.493 e. The minimum absolute atomic E-state index is 0.00693. The molecule has 8 rings (SSSR count). The number of hydrogen-bond acceptors (Lipinski definition) is 7. The van der Waals surface area contributed by atoms with Crippen LogP contribution < -0.4 is 14.4 Å². The molecule has 2 saturated carbocycles. The normalized spacial score (nSPS) is 28.2. The van der Waals surface area contributed by atoms with E-state index in [1.165, 1.54) is 9.78 Å². The van der Waals surface area contributed by atoms with Crippen LogP contribution in [0.1, 0.15) is 28.3 Å². The summed E-state index contributed by atoms with van der Waals surface area (Å²) in [6, 6.07) is 20.7. The molecule has 2 aliphatic heterocycles. The highest BCUT2D eigenvalue weighted by Crippen LogP contribution is 2.69. The molecule has 11 heteroatoms. The molecule has 6 nitrogen and oxygen atoms in total. The smallest absolute Gasteiger partial charge is 0.238 e. The highest BCUT2D eigenvalue weighted by Gasteiger charge is 2.69. The van der Waals surface area contributed by atoms with Crippen molar-refractivity contribution in [2.24, 2.45) is 29.6 Å². The predicted molar refractivity (Wildman–Crippen MR) is 176 cm³/mol. The molecular weight excluding hydrogens is 655 g/mol. The van der Waals surface area contributed by atoms with Gasteiger partial charge in [-0.3, -0.25) is 14.5 Å². The first-order valence-corrected chi connectivity index (χ1v) is 17.3. The number of aromatic amines is 1. The second-order valence-electron chi connectivity index (χ2n) is 11.7. The molecule has 3 aromatic carbocycles. The maximum atomic E-state index is 14.0. The van der Waals surface area contributed by atoms with Crippen molar-refractivity contribution in [1.82, 2.24) is 4.98 Å². The third-order valence-corrected chi connectivity index (χ3v) is 13.2. The average molecular weight is 682 g/mol. The Morgan fingerprint density at radius 1 is 0.977 bits per heavy atom. The number of carbonyl (C=O) groups excluding carboxylic acids is 2. The summed E-state index contributed by atoms with van der Waals surface area (Å²) in [5.74, 6) is 0.920. The van der Waals surface area contributed by atoms with Crippen LogP contribution in [-0.2, 0) is 16.2 Å². The van der Waals surface area contributed by atoms with Crippen LogP contribution in [0, 0.1) is 33.5 Å². The van der Waals surface area contributed by atoms with Crippen LogP contribution in [0.3, 0.4) is 0 Å². The van der Waals surface area contributed by atoms with Gasteiger partial charge in [-0.2, -0.15) is 0 Å². The fourth-order valence-corrected chi connectivity index (χ4v) is 11.8. The van der Waals surface area contributed by atoms with E-state index < -0.39 is 0 Å². The zero-order valence-electron chi connectivity index (χ0n) is 23.4. The fraction of sp³-hybridized carbons (Fsp3) is 0.303. The van der Waals surface area contributed by atoms with Crippen LogP contribution in [0.25, 0.3) is 0 Å². The Kier molecular flexibility index (Phi) is 7.10. The molecule has 1 N–H and O–H groups in total. The van der Waals surface area contributed by atoms with Gasteiger partial charge in [0.2, 0.25) is 11.8 Å². The minimum Gasteiger partial charge on any atom is -0.493 e. The number of carbonyl (C=O) groups is 2. The molecule has 2 aliphatic carbocycles. The van der Waals surface area contributed by atoms with Crippen molar-refractivity contribution < 1.29 is 19.1 Å². The number of anilines is 1. The Morgan fingerprint density at radius 3 is 2.50 bits per heavy atom. The molecular formula is C33H26Cl2N2O4S3. The summed E-state index contributed by atoms with van der Waals surface area (Å²) in [4.78, 5) is 33.8. The molecule has 7 unspecified atom stereocenters. The van der Waals surface area contributed by atoms with Crippen LogP contribution in [0.15, 0.2) is 71.8 Å². The van der Waals surface area contributed by atoms with Crippen molar-refractivity contribution in [3.63, 3.8) is 0 Å². The lowest BCUT2D eigenvalue weighted by Crippen LogP contribution is -2.42. The molecule has 2 bridgehead atoms. The molecule has 44 heavy (non-hydrogen) atoms. The SMILES string of the molecule is COc1cc(C2c3sc(=S)[nH]c3SC3C4CC(C5C(=O)N(c6ccccc6)C(=O)C45)C23)ccc1OCc1ccc(Cl)cc1Cl. The van der Waals surface area contributed by atoms with E-state index in [1.54, 1.807) is 30.6 Å². The molecule has 1 saturated heterocycles. The number of benzene rings is 3. The van der Waals surface area contributed by atoms with Crippen LogP contribution >= 0.6 is 58.5 Å². The number of thioether (sulfide) groups is 1. The number of rotatable bonds is 6. The maximum Gasteiger partial charge on any atom is 0.238 e. The van der Waals surface area contributed by atoms with Crippen molar-refractivity contribution in [1.29, 1.82) is 0 Å². The van der Waals surface area contributed by atoms with Crippen molar-refractivity contribution >= 4 is 76.0 Å². The number of fused-ring (bicyclic) bond motifs is 9.